The summed E-state index contributed by atoms with van der Waals surface area (Å²) in [7, 11) is -0.581. The summed E-state index contributed by atoms with van der Waals surface area (Å²) in [6.07, 6.45) is 31.4. The molecule has 166 valence electrons. The Bertz CT molecular complexity index is 250. The van der Waals surface area contributed by atoms with Gasteiger partial charge in [-0.15, -0.1) is 0 Å². The molecule has 0 unspecified atom stereocenters. The van der Waals surface area contributed by atoms with E-state index in [9.17, 15) is 0 Å². The third kappa shape index (κ3) is 18.9. The van der Waals surface area contributed by atoms with Crippen LogP contribution in [0.3, 0.4) is 0 Å². The highest BCUT2D eigenvalue weighted by molar-refractivity contribution is 7.75. The van der Waals surface area contributed by atoms with Crippen molar-refractivity contribution >= 4 is 7.26 Å². The van der Waals surface area contributed by atoms with E-state index in [1.165, 1.54) is 109 Å². The molecule has 0 amide bonds. The average molecular weight is 513 g/mol. The number of unbranched alkanes of at least 4 members (excludes halogenated alkanes) is 13. The predicted octanol–water partition coefficient (Wildman–Crippen LogP) is 6.72. The molecule has 0 aliphatic rings. The second-order valence-corrected chi connectivity index (χ2v) is 13.3. The molecule has 0 heterocycles. The van der Waals surface area contributed by atoms with Crippen LogP contribution in [0.25, 0.3) is 0 Å². The van der Waals surface area contributed by atoms with Gasteiger partial charge >= 0.3 is 0 Å². The van der Waals surface area contributed by atoms with E-state index in [0.29, 0.717) is 0 Å². The zero-order chi connectivity index (χ0) is 19.3. The van der Waals surface area contributed by atoms with Crippen molar-refractivity contribution in [2.45, 2.75) is 137 Å². The molecule has 0 atom stereocenters. The lowest BCUT2D eigenvalue weighted by atomic mass is 10.0. The molecule has 0 aliphatic carbocycles. The molecule has 0 aromatic rings. The third-order valence-corrected chi connectivity index (χ3v) is 11.5. The first-order chi connectivity index (χ1) is 12.7. The summed E-state index contributed by atoms with van der Waals surface area (Å²) in [6.45, 7) is 9.53. The molecule has 0 nitrogen and oxygen atoms in total. The molecule has 0 N–H and O–H groups in total. The zero-order valence-electron chi connectivity index (χ0n) is 19.7. The first-order valence-corrected chi connectivity index (χ1v) is 15.1. The minimum Gasteiger partial charge on any atom is -1.00 e. The van der Waals surface area contributed by atoms with E-state index in [-0.39, 0.29) is 24.0 Å². The van der Waals surface area contributed by atoms with E-state index >= 15 is 0 Å². The maximum absolute atomic E-state index is 2.41. The van der Waals surface area contributed by atoms with E-state index in [4.69, 9.17) is 0 Å². The van der Waals surface area contributed by atoms with Crippen molar-refractivity contribution < 1.29 is 24.0 Å². The number of hydrogen-bond acceptors (Lipinski definition) is 0. The smallest absolute Gasteiger partial charge is 0.0594 e. The van der Waals surface area contributed by atoms with Crippen LogP contribution in [-0.2, 0) is 0 Å². The van der Waals surface area contributed by atoms with E-state index in [1.807, 2.05) is 0 Å². The Hall–Kier alpha value is 1.16. The van der Waals surface area contributed by atoms with Crippen LogP contribution in [0.15, 0.2) is 0 Å². The molecular formula is C25H54IP. The molecule has 0 radical (unpaired) electrons. The lowest BCUT2D eigenvalue weighted by molar-refractivity contribution is -0.00000604. The SMILES string of the molecule is CCCCCCCCCCCCCCCC[P+](CCC)(CCC)CCC.[I-]. The fourth-order valence-electron chi connectivity index (χ4n) is 4.74. The summed E-state index contributed by atoms with van der Waals surface area (Å²) in [4.78, 5) is 0. The van der Waals surface area contributed by atoms with Crippen LogP contribution in [-0.4, -0.2) is 24.6 Å². The van der Waals surface area contributed by atoms with Gasteiger partial charge in [-0.2, -0.15) is 0 Å². The Morgan fingerprint density at radius 2 is 0.630 bits per heavy atom. The number of rotatable bonds is 21. The van der Waals surface area contributed by atoms with Gasteiger partial charge in [0.25, 0.3) is 0 Å². The monoisotopic (exact) mass is 512 g/mol. The van der Waals surface area contributed by atoms with Crippen molar-refractivity contribution in [2.75, 3.05) is 24.6 Å². The van der Waals surface area contributed by atoms with Crippen molar-refractivity contribution in [3.8, 4) is 0 Å². The van der Waals surface area contributed by atoms with Crippen LogP contribution in [0.5, 0.6) is 0 Å². The second kappa shape index (κ2) is 23.4. The minimum absolute atomic E-state index is 0. The van der Waals surface area contributed by atoms with E-state index in [0.717, 1.165) is 0 Å². The van der Waals surface area contributed by atoms with Crippen molar-refractivity contribution in [3.05, 3.63) is 0 Å². The molecular weight excluding hydrogens is 458 g/mol. The molecule has 0 fully saturated rings. The molecule has 0 aliphatic heterocycles. The minimum atomic E-state index is -0.581. The van der Waals surface area contributed by atoms with Crippen molar-refractivity contribution in [2.24, 2.45) is 0 Å². The molecule has 2 heteroatoms. The van der Waals surface area contributed by atoms with Crippen molar-refractivity contribution in [1.82, 2.24) is 0 Å². The maximum Gasteiger partial charge on any atom is 0.0594 e. The van der Waals surface area contributed by atoms with Crippen LogP contribution < -0.4 is 24.0 Å². The van der Waals surface area contributed by atoms with Gasteiger partial charge in [-0.1, -0.05) is 105 Å². The summed E-state index contributed by atoms with van der Waals surface area (Å²) < 4.78 is 0. The zero-order valence-corrected chi connectivity index (χ0v) is 22.7. The summed E-state index contributed by atoms with van der Waals surface area (Å²) in [6, 6.07) is 0. The highest BCUT2D eigenvalue weighted by Gasteiger charge is 2.33. The van der Waals surface area contributed by atoms with Gasteiger partial charge in [-0.25, -0.2) is 0 Å². The van der Waals surface area contributed by atoms with E-state index in [1.54, 1.807) is 24.6 Å². The molecule has 0 saturated carbocycles. The molecule has 0 bridgehead atoms. The van der Waals surface area contributed by atoms with Gasteiger partial charge in [0.1, 0.15) is 0 Å². The van der Waals surface area contributed by atoms with Gasteiger partial charge in [0.05, 0.1) is 24.6 Å². The van der Waals surface area contributed by atoms with Gasteiger partial charge in [-0.3, -0.25) is 0 Å². The lowest BCUT2D eigenvalue weighted by Crippen LogP contribution is -3.00. The first-order valence-electron chi connectivity index (χ1n) is 12.6. The Labute approximate surface area is 192 Å². The Balaban J connectivity index is 0. The normalized spacial score (nSPS) is 11.6. The van der Waals surface area contributed by atoms with Crippen LogP contribution in [0.4, 0.5) is 0 Å². The summed E-state index contributed by atoms with van der Waals surface area (Å²) in [5, 5.41) is 0. The second-order valence-electron chi connectivity index (χ2n) is 8.83. The lowest BCUT2D eigenvalue weighted by Gasteiger charge is -2.27. The first kappa shape index (κ1) is 30.4. The quantitative estimate of drug-likeness (QED) is 0.0910. The molecule has 0 saturated heterocycles. The Morgan fingerprint density at radius 1 is 0.333 bits per heavy atom. The van der Waals surface area contributed by atoms with Crippen molar-refractivity contribution in [1.29, 1.82) is 0 Å². The third-order valence-electron chi connectivity index (χ3n) is 6.08. The molecule has 0 spiro atoms. The highest BCUT2D eigenvalue weighted by atomic mass is 127. The maximum atomic E-state index is 2.41. The van der Waals surface area contributed by atoms with Gasteiger partial charge in [0.15, 0.2) is 0 Å². The van der Waals surface area contributed by atoms with Gasteiger partial charge in [0, 0.05) is 7.26 Å². The van der Waals surface area contributed by atoms with Crippen LogP contribution in [0.2, 0.25) is 0 Å². The summed E-state index contributed by atoms with van der Waals surface area (Å²) in [5.74, 6) is 0. The van der Waals surface area contributed by atoms with Gasteiger partial charge in [0.2, 0.25) is 0 Å². The fraction of sp³-hybridized carbons (Fsp3) is 1.00. The summed E-state index contributed by atoms with van der Waals surface area (Å²) in [5.41, 5.74) is 0. The summed E-state index contributed by atoms with van der Waals surface area (Å²) >= 11 is 0. The van der Waals surface area contributed by atoms with Crippen molar-refractivity contribution in [3.63, 3.8) is 0 Å². The Morgan fingerprint density at radius 3 is 0.926 bits per heavy atom. The fourth-order valence-corrected chi connectivity index (χ4v) is 9.82. The predicted molar refractivity (Wildman–Crippen MR) is 128 cm³/mol. The van der Waals surface area contributed by atoms with E-state index < -0.39 is 7.26 Å². The highest BCUT2D eigenvalue weighted by Crippen LogP contribution is 2.60. The number of halogens is 1. The van der Waals surface area contributed by atoms with E-state index in [2.05, 4.69) is 27.7 Å². The van der Waals surface area contributed by atoms with Gasteiger partial charge < -0.3 is 24.0 Å². The average Bonchev–Trinajstić information content (AvgIpc) is 2.63. The molecule has 0 rings (SSSR count). The molecule has 0 aromatic carbocycles. The standard InChI is InChI=1S/C25H54P.HI/c1-5-9-10-11-12-13-14-15-16-17-18-19-20-21-25-26(22-6-2,23-7-3)24-8-4;/h5-25H2,1-4H3;1H/q+1;/p-1. The largest absolute Gasteiger partial charge is 1.00 e. The molecule has 0 aromatic heterocycles. The topological polar surface area (TPSA) is 0 Å². The van der Waals surface area contributed by atoms with Crippen LogP contribution >= 0.6 is 7.26 Å². The molecule has 27 heavy (non-hydrogen) atoms. The van der Waals surface area contributed by atoms with Gasteiger partial charge in [-0.05, 0) is 32.1 Å². The Kier molecular flexibility index (Phi) is 26.4. The van der Waals surface area contributed by atoms with Crippen LogP contribution in [0.1, 0.15) is 137 Å². The van der Waals surface area contributed by atoms with Crippen LogP contribution in [0, 0.1) is 0 Å². The number of hydrogen-bond donors (Lipinski definition) is 0.